The molecule has 5 heteroatoms. The van der Waals surface area contributed by atoms with Gasteiger partial charge in [-0.05, 0) is 55.1 Å². The molecule has 1 saturated carbocycles. The number of carbonyl (C=O) groups is 2. The third-order valence-electron chi connectivity index (χ3n) is 5.39. The summed E-state index contributed by atoms with van der Waals surface area (Å²) in [7, 11) is 1.78. The number of rotatable bonds is 6. The van der Waals surface area contributed by atoms with Gasteiger partial charge in [-0.2, -0.15) is 0 Å². The van der Waals surface area contributed by atoms with Gasteiger partial charge in [0.15, 0.2) is 0 Å². The van der Waals surface area contributed by atoms with E-state index in [1.807, 2.05) is 54.6 Å². The number of nitrogens with zero attached hydrogens (tertiary/aromatic N) is 1. The van der Waals surface area contributed by atoms with Crippen molar-refractivity contribution < 1.29 is 9.59 Å². The first-order valence-electron chi connectivity index (χ1n) is 9.50. The van der Waals surface area contributed by atoms with Crippen LogP contribution in [0.2, 0.25) is 0 Å². The highest BCUT2D eigenvalue weighted by atomic mass is 16.2. The predicted molar refractivity (Wildman–Crippen MR) is 109 cm³/mol. The van der Waals surface area contributed by atoms with E-state index >= 15 is 0 Å². The van der Waals surface area contributed by atoms with Crippen LogP contribution in [0, 0.1) is 11.8 Å². The van der Waals surface area contributed by atoms with Gasteiger partial charge in [0.1, 0.15) is 0 Å². The van der Waals surface area contributed by atoms with E-state index in [0.717, 1.165) is 36.2 Å². The molecule has 2 atom stereocenters. The summed E-state index contributed by atoms with van der Waals surface area (Å²) in [6.07, 6.45) is 3.32. The minimum atomic E-state index is 0.00998. The van der Waals surface area contributed by atoms with Crippen LogP contribution in [0.3, 0.4) is 0 Å². The van der Waals surface area contributed by atoms with Gasteiger partial charge in [-0.25, -0.2) is 0 Å². The average Bonchev–Trinajstić information content (AvgIpc) is 3.18. The lowest BCUT2D eigenvalue weighted by atomic mass is 9.95. The molecule has 0 unspecified atom stereocenters. The summed E-state index contributed by atoms with van der Waals surface area (Å²) in [6, 6.07) is 17.1. The molecule has 0 spiro atoms. The molecule has 1 aliphatic rings. The first-order valence-corrected chi connectivity index (χ1v) is 9.50. The van der Waals surface area contributed by atoms with Crippen molar-refractivity contribution in [2.45, 2.75) is 25.7 Å². The van der Waals surface area contributed by atoms with Gasteiger partial charge < -0.3 is 16.0 Å². The third-order valence-corrected chi connectivity index (χ3v) is 5.39. The molecule has 0 aliphatic heterocycles. The van der Waals surface area contributed by atoms with Gasteiger partial charge in [-0.1, -0.05) is 36.8 Å². The SMILES string of the molecule is CN(C(=O)Cc1ccc(NC(=O)[C@@H]2CCC[C@@H]2CN)cc1)c1ccccc1. The standard InChI is InChI=1S/C22H27N3O2/c1-25(19-7-3-2-4-8-19)21(26)14-16-10-12-18(13-11-16)24-22(27)20-9-5-6-17(20)15-23/h2-4,7-8,10-13,17,20H,5-6,9,14-15,23H2,1H3,(H,24,27)/t17-,20-/m1/s1. The van der Waals surface area contributed by atoms with Crippen LogP contribution < -0.4 is 16.0 Å². The highest BCUT2D eigenvalue weighted by Gasteiger charge is 2.31. The number of hydrogen-bond acceptors (Lipinski definition) is 3. The third kappa shape index (κ3) is 4.74. The van der Waals surface area contributed by atoms with E-state index in [-0.39, 0.29) is 23.7 Å². The zero-order chi connectivity index (χ0) is 19.2. The van der Waals surface area contributed by atoms with E-state index in [2.05, 4.69) is 5.32 Å². The molecule has 5 nitrogen and oxygen atoms in total. The van der Waals surface area contributed by atoms with E-state index in [4.69, 9.17) is 5.73 Å². The number of benzene rings is 2. The quantitative estimate of drug-likeness (QED) is 0.825. The van der Waals surface area contributed by atoms with Crippen molar-refractivity contribution in [3.8, 4) is 0 Å². The van der Waals surface area contributed by atoms with Gasteiger partial charge in [-0.3, -0.25) is 9.59 Å². The molecule has 0 radical (unpaired) electrons. The van der Waals surface area contributed by atoms with Gasteiger partial charge in [-0.15, -0.1) is 0 Å². The minimum Gasteiger partial charge on any atom is -0.330 e. The van der Waals surface area contributed by atoms with Crippen LogP contribution in [0.4, 0.5) is 11.4 Å². The van der Waals surface area contributed by atoms with Crippen molar-refractivity contribution in [2.24, 2.45) is 17.6 Å². The van der Waals surface area contributed by atoms with Crippen LogP contribution in [-0.2, 0) is 16.0 Å². The van der Waals surface area contributed by atoms with Crippen molar-refractivity contribution in [3.63, 3.8) is 0 Å². The molecule has 3 rings (SSSR count). The van der Waals surface area contributed by atoms with Gasteiger partial charge in [0, 0.05) is 24.3 Å². The Kier molecular flexibility index (Phi) is 6.24. The predicted octanol–water partition coefficient (Wildman–Crippen LogP) is 3.21. The maximum Gasteiger partial charge on any atom is 0.231 e. The molecule has 0 aromatic heterocycles. The van der Waals surface area contributed by atoms with E-state index in [0.29, 0.717) is 13.0 Å². The number of anilines is 2. The number of amides is 2. The summed E-state index contributed by atoms with van der Waals surface area (Å²) in [4.78, 5) is 26.6. The maximum absolute atomic E-state index is 12.5. The van der Waals surface area contributed by atoms with Crippen LogP contribution in [-0.4, -0.2) is 25.4 Å². The molecule has 2 aromatic rings. The van der Waals surface area contributed by atoms with E-state index in [1.54, 1.807) is 11.9 Å². The highest BCUT2D eigenvalue weighted by Crippen LogP contribution is 2.31. The molecule has 1 aliphatic carbocycles. The van der Waals surface area contributed by atoms with Crippen molar-refractivity contribution in [1.29, 1.82) is 0 Å². The van der Waals surface area contributed by atoms with Crippen LogP contribution in [0.1, 0.15) is 24.8 Å². The lowest BCUT2D eigenvalue weighted by Gasteiger charge is -2.18. The monoisotopic (exact) mass is 365 g/mol. The first kappa shape index (κ1) is 19.1. The Hall–Kier alpha value is -2.66. The number of nitrogens with one attached hydrogen (secondary N) is 1. The van der Waals surface area contributed by atoms with E-state index in [1.165, 1.54) is 0 Å². The Morgan fingerprint density at radius 2 is 1.78 bits per heavy atom. The summed E-state index contributed by atoms with van der Waals surface area (Å²) < 4.78 is 0. The van der Waals surface area contributed by atoms with Crippen LogP contribution in [0.5, 0.6) is 0 Å². The maximum atomic E-state index is 12.5. The topological polar surface area (TPSA) is 75.4 Å². The molecule has 1 fully saturated rings. The number of carbonyl (C=O) groups excluding carboxylic acids is 2. The Labute approximate surface area is 160 Å². The second-order valence-electron chi connectivity index (χ2n) is 7.18. The Morgan fingerprint density at radius 3 is 2.44 bits per heavy atom. The molecule has 2 aromatic carbocycles. The molecular formula is C22H27N3O2. The Bertz CT molecular complexity index is 774. The number of para-hydroxylation sites is 1. The smallest absolute Gasteiger partial charge is 0.231 e. The number of hydrogen-bond donors (Lipinski definition) is 2. The lowest BCUT2D eigenvalue weighted by molar-refractivity contribution is -0.121. The fourth-order valence-electron chi connectivity index (χ4n) is 3.69. The van der Waals surface area contributed by atoms with E-state index < -0.39 is 0 Å². The van der Waals surface area contributed by atoms with Crippen molar-refractivity contribution in [2.75, 3.05) is 23.8 Å². The number of likely N-dealkylation sites (N-methyl/N-ethyl adjacent to an activating group) is 1. The summed E-state index contributed by atoms with van der Waals surface area (Å²) in [5.74, 6) is 0.372. The van der Waals surface area contributed by atoms with E-state index in [9.17, 15) is 9.59 Å². The van der Waals surface area contributed by atoms with Gasteiger partial charge >= 0.3 is 0 Å². The number of nitrogens with two attached hydrogens (primary N) is 1. The average molecular weight is 365 g/mol. The highest BCUT2D eigenvalue weighted by molar-refractivity contribution is 5.95. The normalized spacial score (nSPS) is 18.9. The zero-order valence-corrected chi connectivity index (χ0v) is 15.7. The van der Waals surface area contributed by atoms with Crippen LogP contribution >= 0.6 is 0 Å². The molecule has 0 saturated heterocycles. The molecule has 0 bridgehead atoms. The fraction of sp³-hybridized carbons (Fsp3) is 0.364. The second-order valence-corrected chi connectivity index (χ2v) is 7.18. The first-order chi connectivity index (χ1) is 13.1. The zero-order valence-electron chi connectivity index (χ0n) is 15.7. The van der Waals surface area contributed by atoms with Crippen molar-refractivity contribution >= 4 is 23.2 Å². The Balaban J connectivity index is 1.57. The Morgan fingerprint density at radius 1 is 1.07 bits per heavy atom. The van der Waals surface area contributed by atoms with Crippen LogP contribution in [0.25, 0.3) is 0 Å². The summed E-state index contributed by atoms with van der Waals surface area (Å²) in [6.45, 7) is 0.564. The molecule has 2 amide bonds. The van der Waals surface area contributed by atoms with Gasteiger partial charge in [0.25, 0.3) is 0 Å². The summed E-state index contributed by atoms with van der Waals surface area (Å²) >= 11 is 0. The molecule has 0 heterocycles. The molecular weight excluding hydrogens is 338 g/mol. The van der Waals surface area contributed by atoms with Crippen molar-refractivity contribution in [1.82, 2.24) is 0 Å². The largest absolute Gasteiger partial charge is 0.330 e. The summed E-state index contributed by atoms with van der Waals surface area (Å²) in [5, 5.41) is 2.99. The molecule has 142 valence electrons. The van der Waals surface area contributed by atoms with Crippen LogP contribution in [0.15, 0.2) is 54.6 Å². The van der Waals surface area contributed by atoms with Gasteiger partial charge in [0.2, 0.25) is 11.8 Å². The fourth-order valence-corrected chi connectivity index (χ4v) is 3.69. The molecule has 3 N–H and O–H groups in total. The summed E-state index contributed by atoms with van der Waals surface area (Å²) in [5.41, 5.74) is 8.32. The molecule has 27 heavy (non-hydrogen) atoms. The van der Waals surface area contributed by atoms with Gasteiger partial charge in [0.05, 0.1) is 6.42 Å². The lowest BCUT2D eigenvalue weighted by Crippen LogP contribution is -2.29. The minimum absolute atomic E-state index is 0.00998. The second kappa shape index (κ2) is 8.82. The van der Waals surface area contributed by atoms with Crippen molar-refractivity contribution in [3.05, 3.63) is 60.2 Å².